The molecule has 0 fully saturated rings. The van der Waals surface area contributed by atoms with E-state index in [-0.39, 0.29) is 31.1 Å². The maximum atomic E-state index is 12.6. The van der Waals surface area contributed by atoms with E-state index in [0.29, 0.717) is 19.3 Å². The van der Waals surface area contributed by atoms with Crippen LogP contribution in [0.4, 0.5) is 0 Å². The molecule has 0 aliphatic heterocycles. The molecule has 0 unspecified atom stereocenters. The molecule has 0 spiro atoms. The summed E-state index contributed by atoms with van der Waals surface area (Å²) in [5.41, 5.74) is 0. The van der Waals surface area contributed by atoms with E-state index in [9.17, 15) is 14.4 Å². The summed E-state index contributed by atoms with van der Waals surface area (Å²) in [6.07, 6.45) is 35.4. The van der Waals surface area contributed by atoms with Crippen LogP contribution in [-0.2, 0) is 28.6 Å². The average Bonchev–Trinajstić information content (AvgIpc) is 3.06. The zero-order valence-electron chi connectivity index (χ0n) is 31.6. The predicted molar refractivity (Wildman–Crippen MR) is 197 cm³/mol. The summed E-state index contributed by atoms with van der Waals surface area (Å²) >= 11 is 0. The van der Waals surface area contributed by atoms with E-state index in [1.807, 2.05) is 0 Å². The zero-order chi connectivity index (χ0) is 34.5. The zero-order valence-corrected chi connectivity index (χ0v) is 31.6. The van der Waals surface area contributed by atoms with E-state index >= 15 is 0 Å². The van der Waals surface area contributed by atoms with Gasteiger partial charge in [-0.3, -0.25) is 14.4 Å². The van der Waals surface area contributed by atoms with Crippen LogP contribution in [0.5, 0.6) is 0 Å². The number of esters is 3. The van der Waals surface area contributed by atoms with Gasteiger partial charge in [0.25, 0.3) is 0 Å². The number of carbonyl (C=O) groups excluding carboxylic acids is 3. The fraction of sp³-hybridized carbons (Fsp3) is 0.927. The molecule has 6 nitrogen and oxygen atoms in total. The van der Waals surface area contributed by atoms with Crippen molar-refractivity contribution in [2.24, 2.45) is 0 Å². The van der Waals surface area contributed by atoms with Gasteiger partial charge in [-0.05, 0) is 19.3 Å². The molecule has 0 aliphatic carbocycles. The molecule has 0 amide bonds. The predicted octanol–water partition coefficient (Wildman–Crippen LogP) is 12.5. The van der Waals surface area contributed by atoms with Gasteiger partial charge in [-0.2, -0.15) is 0 Å². The Hall–Kier alpha value is -1.59. The fourth-order valence-corrected chi connectivity index (χ4v) is 5.97. The molecule has 0 saturated heterocycles. The minimum Gasteiger partial charge on any atom is -0.462 e. The largest absolute Gasteiger partial charge is 0.462 e. The number of unbranched alkanes of at least 4 members (excludes halogenated alkanes) is 26. The third kappa shape index (κ3) is 35.5. The highest BCUT2D eigenvalue weighted by Crippen LogP contribution is 2.15. The molecule has 0 N–H and O–H groups in total. The molecular weight excluding hydrogens is 588 g/mol. The normalized spacial score (nSPS) is 11.8. The van der Waals surface area contributed by atoms with Crippen molar-refractivity contribution in [1.82, 2.24) is 0 Å². The maximum Gasteiger partial charge on any atom is 0.306 e. The van der Waals surface area contributed by atoms with Crippen LogP contribution in [0.3, 0.4) is 0 Å². The Labute approximate surface area is 291 Å². The lowest BCUT2D eigenvalue weighted by molar-refractivity contribution is -0.167. The highest BCUT2D eigenvalue weighted by molar-refractivity contribution is 5.71. The Balaban J connectivity index is 4.23. The summed E-state index contributed by atoms with van der Waals surface area (Å²) in [7, 11) is 0. The van der Waals surface area contributed by atoms with Crippen LogP contribution >= 0.6 is 0 Å². The van der Waals surface area contributed by atoms with Gasteiger partial charge in [0.15, 0.2) is 6.10 Å². The van der Waals surface area contributed by atoms with Gasteiger partial charge in [-0.25, -0.2) is 0 Å². The van der Waals surface area contributed by atoms with E-state index in [1.54, 1.807) is 0 Å². The molecule has 6 heteroatoms. The summed E-state index contributed by atoms with van der Waals surface area (Å²) in [6, 6.07) is 0. The van der Waals surface area contributed by atoms with E-state index in [0.717, 1.165) is 64.2 Å². The molecule has 0 radical (unpaired) electrons. The van der Waals surface area contributed by atoms with Crippen molar-refractivity contribution in [1.29, 1.82) is 0 Å². The van der Waals surface area contributed by atoms with Crippen LogP contribution in [0.2, 0.25) is 0 Å². The van der Waals surface area contributed by atoms with Crippen LogP contribution < -0.4 is 0 Å². The number of ether oxygens (including phenoxy) is 3. The molecule has 0 aromatic rings. The minimum absolute atomic E-state index is 0.0645. The molecule has 0 rings (SSSR count). The molecule has 1 atom stereocenters. The first-order valence-corrected chi connectivity index (χ1v) is 20.5. The van der Waals surface area contributed by atoms with Crippen molar-refractivity contribution >= 4 is 17.9 Å². The number of carbonyl (C=O) groups is 3. The Bertz CT molecular complexity index is 693. The first kappa shape index (κ1) is 45.4. The van der Waals surface area contributed by atoms with Crippen molar-refractivity contribution in [3.63, 3.8) is 0 Å². The van der Waals surface area contributed by atoms with Crippen molar-refractivity contribution in [3.05, 3.63) is 0 Å². The van der Waals surface area contributed by atoms with E-state index < -0.39 is 6.10 Å². The van der Waals surface area contributed by atoms with Crippen LogP contribution in [0, 0.1) is 0 Å². The molecule has 278 valence electrons. The highest BCUT2D eigenvalue weighted by atomic mass is 16.6. The van der Waals surface area contributed by atoms with E-state index in [1.165, 1.54) is 122 Å². The van der Waals surface area contributed by atoms with Crippen molar-refractivity contribution in [2.75, 3.05) is 13.2 Å². The number of hydrogen-bond acceptors (Lipinski definition) is 6. The minimum atomic E-state index is -0.755. The van der Waals surface area contributed by atoms with Crippen molar-refractivity contribution < 1.29 is 28.6 Å². The van der Waals surface area contributed by atoms with Crippen molar-refractivity contribution in [3.8, 4) is 0 Å². The maximum absolute atomic E-state index is 12.6. The lowest BCUT2D eigenvalue weighted by Crippen LogP contribution is -2.30. The molecule has 0 heterocycles. The number of hydrogen-bond donors (Lipinski definition) is 0. The van der Waals surface area contributed by atoms with Crippen LogP contribution in [-0.4, -0.2) is 37.2 Å². The van der Waals surface area contributed by atoms with Crippen molar-refractivity contribution in [2.45, 2.75) is 232 Å². The monoisotopic (exact) mass is 667 g/mol. The molecular formula is C41H78O6. The second-order valence-electron chi connectivity index (χ2n) is 13.9. The van der Waals surface area contributed by atoms with Gasteiger partial charge in [-0.1, -0.05) is 188 Å². The summed E-state index contributed by atoms with van der Waals surface area (Å²) in [5, 5.41) is 0. The first-order chi connectivity index (χ1) is 23.0. The van der Waals surface area contributed by atoms with E-state index in [2.05, 4.69) is 20.8 Å². The van der Waals surface area contributed by atoms with Crippen LogP contribution in [0.1, 0.15) is 226 Å². The van der Waals surface area contributed by atoms with Crippen LogP contribution in [0.25, 0.3) is 0 Å². The summed E-state index contributed by atoms with van der Waals surface area (Å²) in [5.74, 6) is -0.873. The summed E-state index contributed by atoms with van der Waals surface area (Å²) < 4.78 is 16.5. The Kier molecular flexibility index (Phi) is 36.0. The Morgan fingerprint density at radius 1 is 0.340 bits per heavy atom. The fourth-order valence-electron chi connectivity index (χ4n) is 5.97. The number of rotatable bonds is 37. The standard InChI is InChI=1S/C41H78O6/c1-4-7-10-13-15-17-19-20-22-24-26-29-32-35-41(44)47-38(36-45-39(42)33-30-27-12-9-6-3)37-46-40(43)34-31-28-25-23-21-18-16-14-11-8-5-2/h38H,4-37H2,1-3H3/t38-/m1/s1. The van der Waals surface area contributed by atoms with Gasteiger partial charge in [0.05, 0.1) is 0 Å². The molecule has 0 saturated carbocycles. The topological polar surface area (TPSA) is 78.9 Å². The average molecular weight is 667 g/mol. The lowest BCUT2D eigenvalue weighted by Gasteiger charge is -2.18. The Morgan fingerprint density at radius 3 is 0.851 bits per heavy atom. The second-order valence-corrected chi connectivity index (χ2v) is 13.9. The van der Waals surface area contributed by atoms with Gasteiger partial charge in [0.1, 0.15) is 13.2 Å². The van der Waals surface area contributed by atoms with E-state index in [4.69, 9.17) is 14.2 Å². The quantitative estimate of drug-likeness (QED) is 0.0373. The molecule has 0 bridgehead atoms. The van der Waals surface area contributed by atoms with Gasteiger partial charge in [0.2, 0.25) is 0 Å². The van der Waals surface area contributed by atoms with Gasteiger partial charge in [-0.15, -0.1) is 0 Å². The van der Waals surface area contributed by atoms with Crippen LogP contribution in [0.15, 0.2) is 0 Å². The molecule has 47 heavy (non-hydrogen) atoms. The van der Waals surface area contributed by atoms with Gasteiger partial charge >= 0.3 is 17.9 Å². The summed E-state index contributed by atoms with van der Waals surface area (Å²) in [6.45, 7) is 6.55. The third-order valence-corrected chi connectivity index (χ3v) is 9.11. The second kappa shape index (κ2) is 37.2. The van der Waals surface area contributed by atoms with Gasteiger partial charge in [0, 0.05) is 19.3 Å². The molecule has 0 aromatic heterocycles. The van der Waals surface area contributed by atoms with Gasteiger partial charge < -0.3 is 14.2 Å². The third-order valence-electron chi connectivity index (χ3n) is 9.11. The lowest BCUT2D eigenvalue weighted by atomic mass is 10.0. The first-order valence-electron chi connectivity index (χ1n) is 20.5. The SMILES string of the molecule is CCCCCCCCCCCCCCCC(=O)O[C@H](COC(=O)CCCCCCC)COC(=O)CCCCCCCCCCCCC. The summed E-state index contributed by atoms with van der Waals surface area (Å²) in [4.78, 5) is 37.3. The Morgan fingerprint density at radius 2 is 0.574 bits per heavy atom. The molecule has 0 aliphatic rings. The molecule has 0 aromatic carbocycles. The highest BCUT2D eigenvalue weighted by Gasteiger charge is 2.19. The smallest absolute Gasteiger partial charge is 0.306 e.